The van der Waals surface area contributed by atoms with Gasteiger partial charge in [-0.2, -0.15) is 0 Å². The standard InChI is InChI=1S/C23H18FN3O3/c1-27-19-9-5-3-7-17(19)20(16-6-2-4-8-18(16)24)25-21(23(27)30)26-22(29)14-10-12-15(28)13-11-14/h2-13,21,28H,1H3,(H,26,29). The van der Waals surface area contributed by atoms with Crippen molar-refractivity contribution in [3.8, 4) is 5.75 Å². The van der Waals surface area contributed by atoms with Crippen LogP contribution in [0.5, 0.6) is 5.75 Å². The van der Waals surface area contributed by atoms with E-state index in [1.165, 1.54) is 35.2 Å². The molecule has 2 amide bonds. The molecule has 3 aromatic rings. The summed E-state index contributed by atoms with van der Waals surface area (Å²) >= 11 is 0. The zero-order chi connectivity index (χ0) is 21.3. The molecule has 0 saturated carbocycles. The normalized spacial score (nSPS) is 15.8. The van der Waals surface area contributed by atoms with Crippen molar-refractivity contribution in [2.75, 3.05) is 11.9 Å². The van der Waals surface area contributed by atoms with Gasteiger partial charge in [-0.05, 0) is 42.5 Å². The molecule has 7 heteroatoms. The number of carbonyl (C=O) groups is 2. The van der Waals surface area contributed by atoms with Crippen LogP contribution in [0, 0.1) is 5.82 Å². The smallest absolute Gasteiger partial charge is 0.272 e. The monoisotopic (exact) mass is 403 g/mol. The number of phenols is 1. The van der Waals surface area contributed by atoms with Gasteiger partial charge in [-0.3, -0.25) is 9.59 Å². The van der Waals surface area contributed by atoms with Crippen molar-refractivity contribution in [2.45, 2.75) is 6.17 Å². The molecule has 2 N–H and O–H groups in total. The molecule has 1 heterocycles. The van der Waals surface area contributed by atoms with Crippen LogP contribution in [0.15, 0.2) is 77.8 Å². The van der Waals surface area contributed by atoms with Crippen LogP contribution < -0.4 is 10.2 Å². The van der Waals surface area contributed by atoms with Crippen LogP contribution in [0.3, 0.4) is 0 Å². The van der Waals surface area contributed by atoms with Crippen LogP contribution in [-0.4, -0.2) is 35.8 Å². The van der Waals surface area contributed by atoms with Crippen LogP contribution >= 0.6 is 0 Å². The third-order valence-corrected chi connectivity index (χ3v) is 4.87. The number of amides is 2. The van der Waals surface area contributed by atoms with Gasteiger partial charge in [-0.1, -0.05) is 30.3 Å². The van der Waals surface area contributed by atoms with E-state index in [1.54, 1.807) is 49.5 Å². The van der Waals surface area contributed by atoms with E-state index in [2.05, 4.69) is 10.3 Å². The summed E-state index contributed by atoms with van der Waals surface area (Å²) in [7, 11) is 1.58. The predicted octanol–water partition coefficient (Wildman–Crippen LogP) is 3.10. The van der Waals surface area contributed by atoms with E-state index < -0.39 is 23.8 Å². The van der Waals surface area contributed by atoms with Crippen LogP contribution in [0.4, 0.5) is 10.1 Å². The number of para-hydroxylation sites is 1. The van der Waals surface area contributed by atoms with E-state index in [0.717, 1.165) is 0 Å². The maximum absolute atomic E-state index is 14.6. The number of aliphatic imine (C=N–C) groups is 1. The molecule has 0 aliphatic carbocycles. The van der Waals surface area contributed by atoms with E-state index in [9.17, 15) is 19.1 Å². The van der Waals surface area contributed by atoms with E-state index in [1.807, 2.05) is 0 Å². The van der Waals surface area contributed by atoms with Gasteiger partial charge >= 0.3 is 0 Å². The molecule has 1 unspecified atom stereocenters. The molecular weight excluding hydrogens is 385 g/mol. The first kappa shape index (κ1) is 19.3. The third-order valence-electron chi connectivity index (χ3n) is 4.87. The molecule has 0 aromatic heterocycles. The van der Waals surface area contributed by atoms with Gasteiger partial charge in [0, 0.05) is 23.7 Å². The predicted molar refractivity (Wildman–Crippen MR) is 111 cm³/mol. The molecule has 30 heavy (non-hydrogen) atoms. The van der Waals surface area contributed by atoms with Gasteiger partial charge in [-0.25, -0.2) is 9.38 Å². The summed E-state index contributed by atoms with van der Waals surface area (Å²) in [4.78, 5) is 31.6. The van der Waals surface area contributed by atoms with Gasteiger partial charge in [0.1, 0.15) is 11.6 Å². The highest BCUT2D eigenvalue weighted by molar-refractivity contribution is 6.20. The second kappa shape index (κ2) is 7.79. The molecule has 0 spiro atoms. The molecule has 0 fully saturated rings. The highest BCUT2D eigenvalue weighted by Crippen LogP contribution is 2.28. The molecule has 1 atom stereocenters. The minimum atomic E-state index is -1.25. The SMILES string of the molecule is CN1C(=O)C(NC(=O)c2ccc(O)cc2)N=C(c2ccccc2F)c2ccccc21. The van der Waals surface area contributed by atoms with Gasteiger partial charge in [0.2, 0.25) is 6.17 Å². The van der Waals surface area contributed by atoms with Crippen molar-refractivity contribution in [3.63, 3.8) is 0 Å². The van der Waals surface area contributed by atoms with Crippen molar-refractivity contribution < 1.29 is 19.1 Å². The second-order valence-electron chi connectivity index (χ2n) is 6.79. The lowest BCUT2D eigenvalue weighted by Crippen LogP contribution is -2.46. The Morgan fingerprint density at radius 1 is 1.00 bits per heavy atom. The van der Waals surface area contributed by atoms with Crippen molar-refractivity contribution in [3.05, 3.63) is 95.3 Å². The molecule has 0 saturated heterocycles. The second-order valence-corrected chi connectivity index (χ2v) is 6.79. The number of hydrogen-bond acceptors (Lipinski definition) is 4. The Labute approximate surface area is 172 Å². The molecule has 0 bridgehead atoms. The summed E-state index contributed by atoms with van der Waals surface area (Å²) in [5.41, 5.74) is 1.91. The zero-order valence-corrected chi connectivity index (χ0v) is 16.0. The summed E-state index contributed by atoms with van der Waals surface area (Å²) in [6.45, 7) is 0. The number of benzodiazepines with no additional fused rings is 1. The highest BCUT2D eigenvalue weighted by Gasteiger charge is 2.31. The number of rotatable bonds is 3. The first-order valence-electron chi connectivity index (χ1n) is 9.25. The molecule has 6 nitrogen and oxygen atoms in total. The largest absolute Gasteiger partial charge is 0.508 e. The Balaban J connectivity index is 1.80. The van der Waals surface area contributed by atoms with Gasteiger partial charge in [-0.15, -0.1) is 0 Å². The first-order valence-corrected chi connectivity index (χ1v) is 9.25. The van der Waals surface area contributed by atoms with Gasteiger partial charge in [0.05, 0.1) is 11.4 Å². The lowest BCUT2D eigenvalue weighted by molar-refractivity contribution is -0.119. The topological polar surface area (TPSA) is 82.0 Å². The number of halogens is 1. The van der Waals surface area contributed by atoms with Crippen LogP contribution in [0.1, 0.15) is 21.5 Å². The summed E-state index contributed by atoms with van der Waals surface area (Å²) < 4.78 is 14.6. The Morgan fingerprint density at radius 3 is 2.33 bits per heavy atom. The number of anilines is 1. The van der Waals surface area contributed by atoms with Gasteiger partial charge in [0.25, 0.3) is 11.8 Å². The number of benzene rings is 3. The van der Waals surface area contributed by atoms with Crippen molar-refractivity contribution in [2.24, 2.45) is 4.99 Å². The van der Waals surface area contributed by atoms with Crippen LogP contribution in [-0.2, 0) is 4.79 Å². The number of aromatic hydroxyl groups is 1. The first-order chi connectivity index (χ1) is 14.5. The Kier molecular flexibility index (Phi) is 5.02. The molecule has 0 radical (unpaired) electrons. The Morgan fingerprint density at radius 2 is 1.63 bits per heavy atom. The summed E-state index contributed by atoms with van der Waals surface area (Å²) in [6.07, 6.45) is -1.25. The Bertz CT molecular complexity index is 1160. The van der Waals surface area contributed by atoms with E-state index in [0.29, 0.717) is 11.3 Å². The number of likely N-dealkylation sites (N-methyl/N-ethyl adjacent to an activating group) is 1. The fraction of sp³-hybridized carbons (Fsp3) is 0.0870. The number of fused-ring (bicyclic) bond motifs is 1. The van der Waals surface area contributed by atoms with Crippen molar-refractivity contribution >= 4 is 23.2 Å². The van der Waals surface area contributed by atoms with E-state index >= 15 is 0 Å². The van der Waals surface area contributed by atoms with Gasteiger partial charge in [0.15, 0.2) is 0 Å². The summed E-state index contributed by atoms with van der Waals surface area (Å²) in [5, 5.41) is 12.0. The Hall–Kier alpha value is -4.00. The van der Waals surface area contributed by atoms with Gasteiger partial charge < -0.3 is 15.3 Å². The molecule has 3 aromatic carbocycles. The number of nitrogens with one attached hydrogen (secondary N) is 1. The fourth-order valence-corrected chi connectivity index (χ4v) is 3.30. The number of carbonyl (C=O) groups excluding carboxylic acids is 2. The number of phenolic OH excluding ortho intramolecular Hbond substituents is 1. The minimum absolute atomic E-state index is 0.0205. The molecule has 1 aliphatic heterocycles. The third kappa shape index (κ3) is 3.53. The molecular formula is C23H18FN3O3. The lowest BCUT2D eigenvalue weighted by atomic mass is 10.00. The molecule has 150 valence electrons. The quantitative estimate of drug-likeness (QED) is 0.705. The van der Waals surface area contributed by atoms with Crippen LogP contribution in [0.25, 0.3) is 0 Å². The summed E-state index contributed by atoms with van der Waals surface area (Å²) in [5.74, 6) is -1.45. The van der Waals surface area contributed by atoms with Crippen LogP contribution in [0.2, 0.25) is 0 Å². The number of nitrogens with zero attached hydrogens (tertiary/aromatic N) is 2. The molecule has 4 rings (SSSR count). The van der Waals surface area contributed by atoms with E-state index in [4.69, 9.17) is 0 Å². The lowest BCUT2D eigenvalue weighted by Gasteiger charge is -2.20. The maximum Gasteiger partial charge on any atom is 0.272 e. The highest BCUT2D eigenvalue weighted by atomic mass is 19.1. The van der Waals surface area contributed by atoms with E-state index in [-0.39, 0.29) is 22.6 Å². The minimum Gasteiger partial charge on any atom is -0.508 e. The van der Waals surface area contributed by atoms with Crippen molar-refractivity contribution in [1.29, 1.82) is 0 Å². The maximum atomic E-state index is 14.6. The average Bonchev–Trinajstić information content (AvgIpc) is 2.85. The number of hydrogen-bond donors (Lipinski definition) is 2. The fourth-order valence-electron chi connectivity index (χ4n) is 3.30. The molecule has 1 aliphatic rings. The average molecular weight is 403 g/mol. The zero-order valence-electron chi connectivity index (χ0n) is 16.0. The summed E-state index contributed by atoms with van der Waals surface area (Å²) in [6, 6.07) is 18.8. The van der Waals surface area contributed by atoms with Crippen molar-refractivity contribution in [1.82, 2.24) is 5.32 Å².